The number of halogens is 1. The van der Waals surface area contributed by atoms with Crippen LogP contribution in [0.2, 0.25) is 0 Å². The van der Waals surface area contributed by atoms with Crippen LogP contribution >= 0.6 is 0 Å². The molecule has 0 bridgehead atoms. The highest BCUT2D eigenvalue weighted by Gasteiger charge is 2.13. The lowest BCUT2D eigenvalue weighted by Gasteiger charge is -2.15. The van der Waals surface area contributed by atoms with Crippen LogP contribution in [-0.2, 0) is 0 Å². The zero-order valence-electron chi connectivity index (χ0n) is 12.0. The average molecular weight is 286 g/mol. The molecule has 0 atom stereocenters. The fraction of sp³-hybridized carbons (Fsp3) is 0.214. The minimum absolute atomic E-state index is 0.0151. The number of hydrogen-bond acceptors (Lipinski definition) is 5. The van der Waals surface area contributed by atoms with Crippen molar-refractivity contribution in [3.63, 3.8) is 0 Å². The predicted octanol–water partition coefficient (Wildman–Crippen LogP) is 1.73. The number of nitriles is 1. The topological polar surface area (TPSA) is 83.2 Å². The maximum Gasteiger partial charge on any atom is 0.221 e. The van der Waals surface area contributed by atoms with Gasteiger partial charge in [0.15, 0.2) is 5.82 Å². The highest BCUT2D eigenvalue weighted by Crippen LogP contribution is 2.23. The Kier molecular flexibility index (Phi) is 3.89. The van der Waals surface area contributed by atoms with Crippen LogP contribution in [0.1, 0.15) is 16.8 Å². The number of imidazole rings is 1. The summed E-state index contributed by atoms with van der Waals surface area (Å²) in [5.41, 5.74) is 7.08. The second kappa shape index (κ2) is 5.63. The molecule has 21 heavy (non-hydrogen) atoms. The summed E-state index contributed by atoms with van der Waals surface area (Å²) < 4.78 is 15.7. The summed E-state index contributed by atoms with van der Waals surface area (Å²) in [6.07, 6.45) is 2.94. The molecule has 0 aliphatic rings. The zero-order valence-corrected chi connectivity index (χ0v) is 12.0. The van der Waals surface area contributed by atoms with Gasteiger partial charge in [0, 0.05) is 19.7 Å². The lowest BCUT2D eigenvalue weighted by molar-refractivity contribution is 0.621. The molecule has 1 aromatic heterocycles. The first-order valence-electron chi connectivity index (χ1n) is 6.19. The van der Waals surface area contributed by atoms with Gasteiger partial charge < -0.3 is 10.6 Å². The summed E-state index contributed by atoms with van der Waals surface area (Å²) in [4.78, 5) is 5.67. The molecule has 1 aromatic carbocycles. The molecule has 0 saturated heterocycles. The number of nitrogens with two attached hydrogens (primary N) is 1. The van der Waals surface area contributed by atoms with Crippen LogP contribution in [0.25, 0.3) is 0 Å². The first-order valence-corrected chi connectivity index (χ1v) is 6.19. The Morgan fingerprint density at radius 1 is 1.48 bits per heavy atom. The van der Waals surface area contributed by atoms with Gasteiger partial charge in [0.05, 0.1) is 23.8 Å². The predicted molar refractivity (Wildman–Crippen MR) is 79.8 cm³/mol. The number of aryl methyl sites for hydroxylation is 1. The van der Waals surface area contributed by atoms with Crippen molar-refractivity contribution in [1.82, 2.24) is 9.66 Å². The van der Waals surface area contributed by atoms with Gasteiger partial charge in [-0.15, -0.1) is 0 Å². The molecule has 7 heteroatoms. The second-order valence-corrected chi connectivity index (χ2v) is 4.70. The van der Waals surface area contributed by atoms with Crippen LogP contribution in [-0.4, -0.2) is 30.0 Å². The fourth-order valence-corrected chi connectivity index (χ4v) is 1.88. The molecule has 2 rings (SSSR count). The molecule has 0 fully saturated rings. The Morgan fingerprint density at radius 3 is 2.71 bits per heavy atom. The van der Waals surface area contributed by atoms with E-state index in [9.17, 15) is 4.39 Å². The van der Waals surface area contributed by atoms with Crippen LogP contribution in [0.3, 0.4) is 0 Å². The molecule has 108 valence electrons. The highest BCUT2D eigenvalue weighted by molar-refractivity contribution is 5.82. The third kappa shape index (κ3) is 2.84. The van der Waals surface area contributed by atoms with Gasteiger partial charge in [-0.1, -0.05) is 0 Å². The number of aromatic nitrogens is 2. The molecule has 0 radical (unpaired) electrons. The van der Waals surface area contributed by atoms with Gasteiger partial charge in [-0.25, -0.2) is 14.1 Å². The molecule has 0 amide bonds. The van der Waals surface area contributed by atoms with E-state index in [1.54, 1.807) is 44.2 Å². The minimum atomic E-state index is -0.608. The van der Waals surface area contributed by atoms with Crippen molar-refractivity contribution in [2.24, 2.45) is 5.10 Å². The van der Waals surface area contributed by atoms with E-state index in [-0.39, 0.29) is 17.1 Å². The van der Waals surface area contributed by atoms with Gasteiger partial charge in [-0.3, -0.25) is 0 Å². The van der Waals surface area contributed by atoms with Gasteiger partial charge in [-0.05, 0) is 19.1 Å². The SMILES string of the molecule is Cc1cn(N=Cc2ccc(N(C)C)c(C#N)c2F)c(N)n1. The first kappa shape index (κ1) is 14.5. The Bertz CT molecular complexity index is 739. The van der Waals surface area contributed by atoms with Crippen molar-refractivity contribution in [2.75, 3.05) is 24.7 Å². The monoisotopic (exact) mass is 286 g/mol. The van der Waals surface area contributed by atoms with Gasteiger partial charge in [-0.2, -0.15) is 10.4 Å². The molecule has 6 nitrogen and oxygen atoms in total. The summed E-state index contributed by atoms with van der Waals surface area (Å²) >= 11 is 0. The molecule has 0 aliphatic carbocycles. The number of benzene rings is 1. The Morgan fingerprint density at radius 2 is 2.19 bits per heavy atom. The van der Waals surface area contributed by atoms with Gasteiger partial charge in [0.25, 0.3) is 0 Å². The summed E-state index contributed by atoms with van der Waals surface area (Å²) in [6.45, 7) is 1.78. The summed E-state index contributed by atoms with van der Waals surface area (Å²) in [7, 11) is 3.50. The molecule has 2 aromatic rings. The number of anilines is 2. The standard InChI is InChI=1S/C14H15FN6/c1-9-8-21(14(17)19-9)18-7-10-4-5-12(20(2)3)11(6-16)13(10)15/h4-5,7-8H,1-3H3,(H2,17,19). The van der Waals surface area contributed by atoms with E-state index >= 15 is 0 Å². The smallest absolute Gasteiger partial charge is 0.221 e. The normalized spacial score (nSPS) is 10.8. The summed E-state index contributed by atoms with van der Waals surface area (Å²) in [5.74, 6) is -0.391. The summed E-state index contributed by atoms with van der Waals surface area (Å²) in [6, 6.07) is 5.11. The summed E-state index contributed by atoms with van der Waals surface area (Å²) in [5, 5.41) is 13.2. The number of rotatable bonds is 3. The van der Waals surface area contributed by atoms with Crippen LogP contribution < -0.4 is 10.6 Å². The van der Waals surface area contributed by atoms with Crippen LogP contribution in [0.4, 0.5) is 16.0 Å². The Labute approximate surface area is 121 Å². The van der Waals surface area contributed by atoms with E-state index in [0.717, 1.165) is 0 Å². The van der Waals surface area contributed by atoms with Gasteiger partial charge in [0.2, 0.25) is 5.95 Å². The fourth-order valence-electron chi connectivity index (χ4n) is 1.88. The van der Waals surface area contributed by atoms with Crippen LogP contribution in [0.5, 0.6) is 0 Å². The second-order valence-electron chi connectivity index (χ2n) is 4.70. The lowest BCUT2D eigenvalue weighted by Crippen LogP contribution is -2.12. The number of nitrogen functional groups attached to an aromatic ring is 1. The molecular formula is C14H15FN6. The van der Waals surface area contributed by atoms with E-state index in [4.69, 9.17) is 11.0 Å². The van der Waals surface area contributed by atoms with Gasteiger partial charge in [0.1, 0.15) is 11.6 Å². The number of nitrogens with zero attached hydrogens (tertiary/aromatic N) is 5. The third-order valence-corrected chi connectivity index (χ3v) is 2.90. The maximum atomic E-state index is 14.3. The molecule has 2 N–H and O–H groups in total. The van der Waals surface area contributed by atoms with E-state index in [0.29, 0.717) is 11.4 Å². The van der Waals surface area contributed by atoms with Gasteiger partial charge >= 0.3 is 0 Å². The Balaban J connectivity index is 2.42. The van der Waals surface area contributed by atoms with Crippen molar-refractivity contribution < 1.29 is 4.39 Å². The molecule has 0 saturated carbocycles. The van der Waals surface area contributed by atoms with Crippen molar-refractivity contribution in [1.29, 1.82) is 5.26 Å². The molecule has 0 spiro atoms. The quantitative estimate of drug-likeness (QED) is 0.871. The van der Waals surface area contributed by atoms with Crippen LogP contribution in [0, 0.1) is 24.1 Å². The Hall–Kier alpha value is -2.88. The van der Waals surface area contributed by atoms with Crippen molar-refractivity contribution in [2.45, 2.75) is 6.92 Å². The van der Waals surface area contributed by atoms with E-state index in [2.05, 4.69) is 10.1 Å². The van der Waals surface area contributed by atoms with E-state index < -0.39 is 5.82 Å². The molecular weight excluding hydrogens is 271 g/mol. The maximum absolute atomic E-state index is 14.3. The third-order valence-electron chi connectivity index (χ3n) is 2.90. The molecule has 0 unspecified atom stereocenters. The van der Waals surface area contributed by atoms with Crippen molar-refractivity contribution in [3.05, 3.63) is 41.0 Å². The number of hydrogen-bond donors (Lipinski definition) is 1. The van der Waals surface area contributed by atoms with Crippen molar-refractivity contribution >= 4 is 17.9 Å². The highest BCUT2D eigenvalue weighted by atomic mass is 19.1. The minimum Gasteiger partial charge on any atom is -0.377 e. The lowest BCUT2D eigenvalue weighted by atomic mass is 10.1. The van der Waals surface area contributed by atoms with Crippen molar-refractivity contribution in [3.8, 4) is 6.07 Å². The first-order chi connectivity index (χ1) is 9.93. The zero-order chi connectivity index (χ0) is 15.6. The molecule has 0 aliphatic heterocycles. The largest absolute Gasteiger partial charge is 0.377 e. The molecule has 1 heterocycles. The average Bonchev–Trinajstić information content (AvgIpc) is 2.75. The van der Waals surface area contributed by atoms with Crippen LogP contribution in [0.15, 0.2) is 23.4 Å². The van der Waals surface area contributed by atoms with E-state index in [1.807, 2.05) is 6.07 Å². The van der Waals surface area contributed by atoms with E-state index in [1.165, 1.54) is 10.9 Å².